The lowest BCUT2D eigenvalue weighted by molar-refractivity contribution is 0.0256. The topological polar surface area (TPSA) is 24.5 Å². The highest BCUT2D eigenvalue weighted by atomic mass is 16.5. The summed E-state index contributed by atoms with van der Waals surface area (Å²) in [4.78, 5) is 2.33. The van der Waals surface area contributed by atoms with E-state index in [4.69, 9.17) is 11.2 Å². The van der Waals surface area contributed by atoms with Crippen molar-refractivity contribution in [2.45, 2.75) is 52.2 Å². The third-order valence-corrected chi connectivity index (χ3v) is 3.44. The maximum atomic E-state index is 6.09. The van der Waals surface area contributed by atoms with E-state index in [1.165, 1.54) is 12.8 Å². The average molecular weight is 266 g/mol. The molecule has 1 rings (SSSR count). The molecule has 0 amide bonds. The Bertz CT molecular complexity index is 272. The van der Waals surface area contributed by atoms with E-state index in [1.54, 1.807) is 0 Å². The monoisotopic (exact) mass is 266 g/mol. The maximum Gasteiger partial charge on any atom is 0.0707 e. The van der Waals surface area contributed by atoms with E-state index < -0.39 is 0 Å². The van der Waals surface area contributed by atoms with Crippen molar-refractivity contribution in [3.05, 3.63) is 0 Å². The minimum atomic E-state index is 0.366. The predicted molar refractivity (Wildman–Crippen MR) is 81.2 cm³/mol. The molecule has 0 radical (unpaired) electrons. The van der Waals surface area contributed by atoms with Crippen molar-refractivity contribution in [1.82, 2.24) is 10.2 Å². The first-order valence-corrected chi connectivity index (χ1v) is 7.67. The van der Waals surface area contributed by atoms with E-state index in [0.29, 0.717) is 18.1 Å². The zero-order chi connectivity index (χ0) is 14.1. The molecule has 1 N–H and O–H groups in total. The van der Waals surface area contributed by atoms with Crippen LogP contribution < -0.4 is 5.32 Å². The van der Waals surface area contributed by atoms with Crippen molar-refractivity contribution < 1.29 is 4.74 Å². The van der Waals surface area contributed by atoms with E-state index in [0.717, 1.165) is 39.1 Å². The molecule has 0 aliphatic carbocycles. The lowest BCUT2D eigenvalue weighted by atomic mass is 10.1. The van der Waals surface area contributed by atoms with E-state index in [-0.39, 0.29) is 0 Å². The van der Waals surface area contributed by atoms with E-state index >= 15 is 0 Å². The molecule has 1 aliphatic rings. The third kappa shape index (κ3) is 6.96. The van der Waals surface area contributed by atoms with Gasteiger partial charge in [0.05, 0.1) is 18.8 Å². The van der Waals surface area contributed by atoms with Crippen LogP contribution in [0.5, 0.6) is 0 Å². The molecule has 0 aromatic carbocycles. The van der Waals surface area contributed by atoms with E-state index in [9.17, 15) is 0 Å². The number of nitrogens with zero attached hydrogens (tertiary/aromatic N) is 1. The fraction of sp³-hybridized carbons (Fsp3) is 0.875. The van der Waals surface area contributed by atoms with Gasteiger partial charge in [0.1, 0.15) is 0 Å². The van der Waals surface area contributed by atoms with Crippen LogP contribution in [-0.4, -0.2) is 49.8 Å². The third-order valence-electron chi connectivity index (χ3n) is 3.44. The maximum absolute atomic E-state index is 6.09. The van der Waals surface area contributed by atoms with Crippen molar-refractivity contribution in [2.75, 3.05) is 32.7 Å². The van der Waals surface area contributed by atoms with E-state index in [1.807, 2.05) is 0 Å². The Hall–Kier alpha value is -0.560. The average Bonchev–Trinajstić information content (AvgIpc) is 2.77. The van der Waals surface area contributed by atoms with Crippen LogP contribution in [0.25, 0.3) is 0 Å². The first-order valence-electron chi connectivity index (χ1n) is 7.67. The van der Waals surface area contributed by atoms with Gasteiger partial charge >= 0.3 is 0 Å². The lowest BCUT2D eigenvalue weighted by Gasteiger charge is -2.23. The van der Waals surface area contributed by atoms with Crippen molar-refractivity contribution >= 4 is 0 Å². The highest BCUT2D eigenvalue weighted by Gasteiger charge is 2.26. The van der Waals surface area contributed by atoms with Crippen molar-refractivity contribution in [3.63, 3.8) is 0 Å². The van der Waals surface area contributed by atoms with Gasteiger partial charge in [0, 0.05) is 13.1 Å². The summed E-state index contributed by atoms with van der Waals surface area (Å²) >= 11 is 0. The van der Waals surface area contributed by atoms with E-state index in [2.05, 4.69) is 36.9 Å². The molecule has 0 bridgehead atoms. The van der Waals surface area contributed by atoms with Crippen LogP contribution >= 0.6 is 0 Å². The molecule has 2 unspecified atom stereocenters. The molecule has 19 heavy (non-hydrogen) atoms. The normalized spacial score (nSPS) is 23.2. The van der Waals surface area contributed by atoms with Crippen LogP contribution in [0.15, 0.2) is 0 Å². The van der Waals surface area contributed by atoms with Gasteiger partial charge in [-0.05, 0) is 38.3 Å². The fourth-order valence-corrected chi connectivity index (χ4v) is 2.57. The van der Waals surface area contributed by atoms with Gasteiger partial charge in [-0.3, -0.25) is 4.90 Å². The molecule has 1 heterocycles. The summed E-state index contributed by atoms with van der Waals surface area (Å²) in [5.74, 6) is 3.44. The van der Waals surface area contributed by atoms with Gasteiger partial charge in [-0.15, -0.1) is 6.42 Å². The fourth-order valence-electron chi connectivity index (χ4n) is 2.57. The minimum Gasteiger partial charge on any atom is -0.372 e. The largest absolute Gasteiger partial charge is 0.372 e. The Morgan fingerprint density at radius 3 is 2.74 bits per heavy atom. The lowest BCUT2D eigenvalue weighted by Crippen LogP contribution is -2.35. The highest BCUT2D eigenvalue weighted by molar-refractivity contribution is 4.89. The summed E-state index contributed by atoms with van der Waals surface area (Å²) < 4.78 is 6.09. The van der Waals surface area contributed by atoms with Gasteiger partial charge in [0.15, 0.2) is 0 Å². The van der Waals surface area contributed by atoms with Crippen LogP contribution in [0.3, 0.4) is 0 Å². The van der Waals surface area contributed by atoms with Gasteiger partial charge in [0.2, 0.25) is 0 Å². The van der Waals surface area contributed by atoms with Crippen LogP contribution in [0, 0.1) is 18.3 Å². The first-order chi connectivity index (χ1) is 9.15. The molecule has 2 atom stereocenters. The van der Waals surface area contributed by atoms with Gasteiger partial charge < -0.3 is 10.1 Å². The van der Waals surface area contributed by atoms with Crippen LogP contribution in [0.2, 0.25) is 0 Å². The molecule has 3 heteroatoms. The molecular formula is C16H30N2O. The molecule has 1 saturated heterocycles. The van der Waals surface area contributed by atoms with Crippen LogP contribution in [-0.2, 0) is 4.74 Å². The second kappa shape index (κ2) is 9.36. The molecule has 0 aromatic heterocycles. The molecular weight excluding hydrogens is 236 g/mol. The molecule has 3 nitrogen and oxygen atoms in total. The summed E-state index contributed by atoms with van der Waals surface area (Å²) in [5, 5.41) is 3.48. The number of hydrogen-bond donors (Lipinski definition) is 1. The van der Waals surface area contributed by atoms with Crippen LogP contribution in [0.1, 0.15) is 40.0 Å². The quantitative estimate of drug-likeness (QED) is 0.647. The summed E-state index contributed by atoms with van der Waals surface area (Å²) in [5.41, 5.74) is 0. The molecule has 0 aromatic rings. The zero-order valence-electron chi connectivity index (χ0n) is 12.8. The molecule has 0 spiro atoms. The summed E-state index contributed by atoms with van der Waals surface area (Å²) in [7, 11) is 0. The zero-order valence-corrected chi connectivity index (χ0v) is 12.8. The number of ether oxygens (including phenoxy) is 1. The molecule has 110 valence electrons. The Balaban J connectivity index is 2.21. The van der Waals surface area contributed by atoms with Gasteiger partial charge in [-0.1, -0.05) is 26.7 Å². The van der Waals surface area contributed by atoms with Crippen molar-refractivity contribution in [2.24, 2.45) is 5.92 Å². The number of rotatable bonds is 9. The summed E-state index contributed by atoms with van der Waals surface area (Å²) in [6, 6.07) is 0. The number of nitrogens with one attached hydrogen (secondary N) is 1. The van der Waals surface area contributed by atoms with Gasteiger partial charge in [-0.2, -0.15) is 0 Å². The predicted octanol–water partition coefficient (Wildman–Crippen LogP) is 2.12. The highest BCUT2D eigenvalue weighted by Crippen LogP contribution is 2.20. The Labute approximate surface area is 119 Å². The van der Waals surface area contributed by atoms with Gasteiger partial charge in [0.25, 0.3) is 0 Å². The Kier molecular flexibility index (Phi) is 8.13. The smallest absolute Gasteiger partial charge is 0.0707 e. The minimum absolute atomic E-state index is 0.366. The molecule has 0 saturated carbocycles. The first kappa shape index (κ1) is 16.5. The second-order valence-electron chi connectivity index (χ2n) is 5.95. The molecule has 1 fully saturated rings. The SMILES string of the molecule is C#CCN(CCC)CC1CCC(CNCC(C)C)O1. The Morgan fingerprint density at radius 2 is 2.11 bits per heavy atom. The van der Waals surface area contributed by atoms with Crippen molar-refractivity contribution in [3.8, 4) is 12.3 Å². The number of terminal acetylenes is 1. The summed E-state index contributed by atoms with van der Waals surface area (Å²) in [6.07, 6.45) is 9.65. The van der Waals surface area contributed by atoms with Gasteiger partial charge in [-0.25, -0.2) is 0 Å². The number of hydrogen-bond acceptors (Lipinski definition) is 3. The standard InChI is InChI=1S/C16H30N2O/c1-5-9-18(10-6-2)13-16-8-7-15(19-16)12-17-11-14(3)4/h1,14-17H,6-13H2,2-4H3. The molecule has 1 aliphatic heterocycles. The summed E-state index contributed by atoms with van der Waals surface area (Å²) in [6.45, 7) is 11.5. The second-order valence-corrected chi connectivity index (χ2v) is 5.95. The van der Waals surface area contributed by atoms with Crippen LogP contribution in [0.4, 0.5) is 0 Å². The Morgan fingerprint density at radius 1 is 1.37 bits per heavy atom. The van der Waals surface area contributed by atoms with Crippen molar-refractivity contribution in [1.29, 1.82) is 0 Å².